The van der Waals surface area contributed by atoms with Crippen molar-refractivity contribution >= 4 is 28.6 Å². The number of hydrogen-bond acceptors (Lipinski definition) is 14. The van der Waals surface area contributed by atoms with Crippen LogP contribution < -0.4 is 69.5 Å². The van der Waals surface area contributed by atoms with Gasteiger partial charge in [0.25, 0.3) is 0 Å². The molecule has 5 N–H and O–H groups in total. The molecule has 0 saturated carbocycles. The molecule has 0 aromatic carbocycles. The second-order valence-corrected chi connectivity index (χ2v) is 6.98. The number of hydrogen-bond donors (Lipinski definition) is 5. The van der Waals surface area contributed by atoms with Gasteiger partial charge in [-0.25, -0.2) is 8.42 Å². The molecular formula is C14H19NNa2O14S. The predicted molar refractivity (Wildman–Crippen MR) is 86.2 cm³/mol. The monoisotopic (exact) mass is 503 g/mol. The Morgan fingerprint density at radius 2 is 1.91 bits per heavy atom. The summed E-state index contributed by atoms with van der Waals surface area (Å²) in [6.45, 7) is -0.0873. The third-order valence-corrected chi connectivity index (χ3v) is 4.14. The first-order valence-corrected chi connectivity index (χ1v) is 9.40. The van der Waals surface area contributed by atoms with E-state index in [1.54, 1.807) is 0 Å². The third kappa shape index (κ3) is 10.4. The van der Waals surface area contributed by atoms with Crippen LogP contribution in [0, 0.1) is 0 Å². The number of carbonyl (C=O) groups excluding carboxylic acids is 3. The molecule has 7 atom stereocenters. The minimum atomic E-state index is -5.50. The maximum atomic E-state index is 11.4. The minimum absolute atomic E-state index is 0. The Morgan fingerprint density at radius 1 is 1.34 bits per heavy atom. The summed E-state index contributed by atoms with van der Waals surface area (Å²) in [4.78, 5) is 33.7. The molecular weight excluding hydrogens is 484 g/mol. The number of amides is 1. The Labute approximate surface area is 226 Å². The number of carboxylic acid groups (broad SMARTS) is 1. The summed E-state index contributed by atoms with van der Waals surface area (Å²) in [5, 5.41) is 51.8. The van der Waals surface area contributed by atoms with Gasteiger partial charge in [0.15, 0.2) is 6.10 Å². The average Bonchev–Trinajstić information content (AvgIpc) is 2.64. The number of aliphatic hydroxyl groups is 4. The Kier molecular flexibility index (Phi) is 15.9. The van der Waals surface area contributed by atoms with Crippen molar-refractivity contribution in [3.8, 4) is 0 Å². The van der Waals surface area contributed by atoms with E-state index in [1.165, 1.54) is 0 Å². The molecule has 172 valence electrons. The summed E-state index contributed by atoms with van der Waals surface area (Å²) < 4.78 is 46.8. The zero-order valence-corrected chi connectivity index (χ0v) is 22.0. The van der Waals surface area contributed by atoms with Crippen molar-refractivity contribution in [3.63, 3.8) is 0 Å². The molecule has 15 nitrogen and oxygen atoms in total. The molecule has 0 fully saturated rings. The van der Waals surface area contributed by atoms with E-state index < -0.39 is 77.5 Å². The van der Waals surface area contributed by atoms with Crippen LogP contribution in [0.25, 0.3) is 0 Å². The minimum Gasteiger partial charge on any atom is -0.726 e. The molecule has 1 heterocycles. The van der Waals surface area contributed by atoms with E-state index >= 15 is 0 Å². The van der Waals surface area contributed by atoms with Crippen molar-refractivity contribution < 1.29 is 126 Å². The Balaban J connectivity index is 0. The Morgan fingerprint density at radius 3 is 2.31 bits per heavy atom. The fourth-order valence-corrected chi connectivity index (χ4v) is 2.87. The number of aldehydes is 1. The van der Waals surface area contributed by atoms with Gasteiger partial charge in [0.05, 0.1) is 6.61 Å². The normalized spacial score (nSPS) is 24.2. The SMILES string of the molecule is CC(=O)N[C@@H](C=O)[C@@H](O[C@@H]1OC(C(=O)[O-])=C[C@H](O)[C@H]1OS(=O)(=O)[O-])[C@@H](O)[C@H](O)CO.[Na+].[Na+]. The second-order valence-electron chi connectivity index (χ2n) is 5.97. The van der Waals surface area contributed by atoms with Crippen LogP contribution in [0.2, 0.25) is 0 Å². The van der Waals surface area contributed by atoms with Gasteiger partial charge in [-0.15, -0.1) is 0 Å². The molecule has 0 saturated heterocycles. The van der Waals surface area contributed by atoms with E-state index in [0.717, 1.165) is 6.92 Å². The number of aliphatic hydroxyl groups excluding tert-OH is 4. The van der Waals surface area contributed by atoms with Gasteiger partial charge in [0.2, 0.25) is 22.6 Å². The summed E-state index contributed by atoms with van der Waals surface area (Å²) in [6, 6.07) is -1.75. The van der Waals surface area contributed by atoms with Crippen LogP contribution in [0.4, 0.5) is 0 Å². The molecule has 1 rings (SSSR count). The topological polar surface area (TPSA) is 252 Å². The zero-order chi connectivity index (χ0) is 23.2. The van der Waals surface area contributed by atoms with E-state index in [9.17, 15) is 47.8 Å². The number of ether oxygens (including phenoxy) is 2. The van der Waals surface area contributed by atoms with Crippen LogP contribution in [-0.4, -0.2) is 101 Å². The summed E-state index contributed by atoms with van der Waals surface area (Å²) in [7, 11) is -5.50. The molecule has 0 aromatic rings. The molecule has 1 aliphatic heterocycles. The average molecular weight is 503 g/mol. The van der Waals surface area contributed by atoms with Gasteiger partial charge in [-0.1, -0.05) is 0 Å². The van der Waals surface area contributed by atoms with Crippen molar-refractivity contribution in [1.29, 1.82) is 0 Å². The van der Waals surface area contributed by atoms with Crippen LogP contribution in [0.1, 0.15) is 6.92 Å². The first-order chi connectivity index (χ1) is 13.8. The molecule has 0 bridgehead atoms. The number of aliphatic carboxylic acids is 1. The summed E-state index contributed by atoms with van der Waals surface area (Å²) in [6.07, 6.45) is -12.2. The maximum Gasteiger partial charge on any atom is 1.00 e. The third-order valence-electron chi connectivity index (χ3n) is 3.68. The molecule has 0 spiro atoms. The van der Waals surface area contributed by atoms with E-state index in [0.29, 0.717) is 6.08 Å². The summed E-state index contributed by atoms with van der Waals surface area (Å²) >= 11 is 0. The largest absolute Gasteiger partial charge is 1.00 e. The molecule has 0 aromatic heterocycles. The quantitative estimate of drug-likeness (QED) is 0.0760. The van der Waals surface area contributed by atoms with Gasteiger partial charge in [-0.3, -0.25) is 8.98 Å². The fourth-order valence-electron chi connectivity index (χ4n) is 2.39. The Hall–Kier alpha value is -0.180. The zero-order valence-electron chi connectivity index (χ0n) is 17.2. The van der Waals surface area contributed by atoms with Gasteiger partial charge in [-0.2, -0.15) is 0 Å². The first-order valence-electron chi connectivity index (χ1n) is 8.07. The van der Waals surface area contributed by atoms with Crippen molar-refractivity contribution in [2.45, 2.75) is 49.8 Å². The van der Waals surface area contributed by atoms with Crippen molar-refractivity contribution in [3.05, 3.63) is 11.8 Å². The molecule has 0 aliphatic carbocycles. The molecule has 32 heavy (non-hydrogen) atoms. The number of carboxylic acids is 1. The molecule has 0 radical (unpaired) electrons. The molecule has 0 unspecified atom stereocenters. The number of rotatable bonds is 11. The van der Waals surface area contributed by atoms with Gasteiger partial charge < -0.3 is 54.5 Å². The van der Waals surface area contributed by atoms with Gasteiger partial charge in [0.1, 0.15) is 48.5 Å². The van der Waals surface area contributed by atoms with Crippen LogP contribution in [-0.2, 0) is 38.4 Å². The van der Waals surface area contributed by atoms with Crippen LogP contribution in [0.3, 0.4) is 0 Å². The molecule has 1 aliphatic rings. The van der Waals surface area contributed by atoms with Crippen LogP contribution in [0.5, 0.6) is 0 Å². The van der Waals surface area contributed by atoms with Gasteiger partial charge in [-0.05, 0) is 6.08 Å². The van der Waals surface area contributed by atoms with Crippen molar-refractivity contribution in [1.82, 2.24) is 5.32 Å². The standard InChI is InChI=1S/C14H21NO14S.2Na/c1-5(18)15-6(3-16)11(10(21)8(20)4-17)28-14-12(29-30(24,25)26)7(19)2-9(27-14)13(22)23;;/h2-3,6-8,10-12,14,17,19-21H,4H2,1H3,(H,15,18)(H,22,23)(H,24,25,26);;/q;2*+1/p-2/t6-,7-,8+,10-,11+,12+,14-;;/m0../s1. The predicted octanol–water partition coefficient (Wildman–Crippen LogP) is -12.0. The van der Waals surface area contributed by atoms with E-state index in [-0.39, 0.29) is 65.4 Å². The second kappa shape index (κ2) is 14.9. The molecule has 18 heteroatoms. The van der Waals surface area contributed by atoms with E-state index in [2.05, 4.69) is 4.18 Å². The smallest absolute Gasteiger partial charge is 0.726 e. The van der Waals surface area contributed by atoms with E-state index in [1.807, 2.05) is 5.32 Å². The maximum absolute atomic E-state index is 11.4. The van der Waals surface area contributed by atoms with Crippen molar-refractivity contribution in [2.75, 3.05) is 6.61 Å². The first kappa shape index (κ1) is 34.0. The van der Waals surface area contributed by atoms with Crippen molar-refractivity contribution in [2.24, 2.45) is 0 Å². The fraction of sp³-hybridized carbons (Fsp3) is 0.643. The van der Waals surface area contributed by atoms with Gasteiger partial charge in [0, 0.05) is 6.92 Å². The van der Waals surface area contributed by atoms with E-state index in [4.69, 9.17) is 14.6 Å². The summed E-state index contributed by atoms with van der Waals surface area (Å²) in [5.74, 6) is -3.89. The number of nitrogens with one attached hydrogen (secondary N) is 1. The van der Waals surface area contributed by atoms with Gasteiger partial charge >= 0.3 is 59.1 Å². The summed E-state index contributed by atoms with van der Waals surface area (Å²) in [5.41, 5.74) is 0. The van der Waals surface area contributed by atoms with Crippen LogP contribution in [0.15, 0.2) is 11.8 Å². The van der Waals surface area contributed by atoms with Crippen LogP contribution >= 0.6 is 0 Å². The molecule has 1 amide bonds. The Bertz CT molecular complexity index is 777. The number of carbonyl (C=O) groups is 3.